The zero-order valence-corrected chi connectivity index (χ0v) is 14.5. The normalized spacial score (nSPS) is 14.4. The molecule has 6 heteroatoms. The molecule has 1 aliphatic rings. The van der Waals surface area contributed by atoms with E-state index in [9.17, 15) is 4.79 Å². The summed E-state index contributed by atoms with van der Waals surface area (Å²) in [6.45, 7) is 3.53. The van der Waals surface area contributed by atoms with Gasteiger partial charge < -0.3 is 5.32 Å². The maximum atomic E-state index is 12.1. The molecule has 0 unspecified atom stereocenters. The van der Waals surface area contributed by atoms with Crippen LogP contribution < -0.4 is 10.9 Å². The Hall–Kier alpha value is -2.37. The number of nitrogens with zero attached hydrogens (tertiary/aromatic N) is 3. The second-order valence-corrected chi connectivity index (χ2v) is 6.65. The van der Waals surface area contributed by atoms with Gasteiger partial charge in [-0.05, 0) is 35.7 Å². The summed E-state index contributed by atoms with van der Waals surface area (Å²) < 4.78 is 1.54. The lowest BCUT2D eigenvalue weighted by atomic mass is 10.00. The maximum absolute atomic E-state index is 12.1. The highest BCUT2D eigenvalue weighted by Crippen LogP contribution is 2.25. The molecule has 128 valence electrons. The standard InChI is InChI=1S/C19H19ClN4O/c20-16-5-3-4-14-13-23(10-7-15(14)16)11-8-21-17-12-19(25)24-9-2-1-6-18(24)22-17/h1-6,9,12,21H,7-8,10-11,13H2. The molecular formula is C19H19ClN4O. The molecule has 0 fully saturated rings. The first kappa shape index (κ1) is 16.1. The van der Waals surface area contributed by atoms with Crippen LogP contribution in [0.4, 0.5) is 5.82 Å². The minimum absolute atomic E-state index is 0.0744. The van der Waals surface area contributed by atoms with E-state index in [1.807, 2.05) is 30.3 Å². The van der Waals surface area contributed by atoms with Gasteiger partial charge in [0.05, 0.1) is 0 Å². The van der Waals surface area contributed by atoms with Gasteiger partial charge in [-0.25, -0.2) is 4.98 Å². The Labute approximate surface area is 150 Å². The van der Waals surface area contributed by atoms with Crippen LogP contribution >= 0.6 is 11.6 Å². The molecule has 4 rings (SSSR count). The van der Waals surface area contributed by atoms with Crippen molar-refractivity contribution < 1.29 is 0 Å². The average Bonchev–Trinajstić information content (AvgIpc) is 2.62. The highest BCUT2D eigenvalue weighted by Gasteiger charge is 2.17. The number of benzene rings is 1. The van der Waals surface area contributed by atoms with Crippen LogP contribution in [-0.2, 0) is 13.0 Å². The Morgan fingerprint density at radius 1 is 1.20 bits per heavy atom. The molecule has 0 saturated carbocycles. The molecule has 0 bridgehead atoms. The fourth-order valence-electron chi connectivity index (χ4n) is 3.30. The third kappa shape index (κ3) is 3.38. The fourth-order valence-corrected chi connectivity index (χ4v) is 3.59. The van der Waals surface area contributed by atoms with Crippen LogP contribution in [0.2, 0.25) is 5.02 Å². The minimum atomic E-state index is -0.0744. The molecule has 1 aliphatic heterocycles. The van der Waals surface area contributed by atoms with Gasteiger partial charge in [0, 0.05) is 43.5 Å². The second-order valence-electron chi connectivity index (χ2n) is 6.24. The van der Waals surface area contributed by atoms with Crippen molar-refractivity contribution in [3.05, 3.63) is 75.2 Å². The largest absolute Gasteiger partial charge is 0.369 e. The van der Waals surface area contributed by atoms with E-state index in [0.29, 0.717) is 11.5 Å². The monoisotopic (exact) mass is 354 g/mol. The van der Waals surface area contributed by atoms with Crippen LogP contribution in [0.5, 0.6) is 0 Å². The molecule has 0 amide bonds. The molecule has 3 aromatic rings. The van der Waals surface area contributed by atoms with Gasteiger partial charge in [0.1, 0.15) is 11.5 Å². The summed E-state index contributed by atoms with van der Waals surface area (Å²) in [5.74, 6) is 0.622. The molecule has 25 heavy (non-hydrogen) atoms. The van der Waals surface area contributed by atoms with Gasteiger partial charge in [-0.15, -0.1) is 0 Å². The van der Waals surface area contributed by atoms with Gasteiger partial charge >= 0.3 is 0 Å². The van der Waals surface area contributed by atoms with Crippen molar-refractivity contribution >= 4 is 23.1 Å². The Bertz CT molecular complexity index is 969. The lowest BCUT2D eigenvalue weighted by molar-refractivity contribution is 0.264. The summed E-state index contributed by atoms with van der Waals surface area (Å²) in [6.07, 6.45) is 2.70. The average molecular weight is 355 g/mol. The lowest BCUT2D eigenvalue weighted by Crippen LogP contribution is -2.34. The number of rotatable bonds is 4. The molecule has 1 aromatic carbocycles. The van der Waals surface area contributed by atoms with Crippen LogP contribution in [0.15, 0.2) is 53.5 Å². The Morgan fingerprint density at radius 3 is 3.04 bits per heavy atom. The molecule has 3 heterocycles. The third-order valence-electron chi connectivity index (χ3n) is 4.59. The second kappa shape index (κ2) is 6.86. The minimum Gasteiger partial charge on any atom is -0.369 e. The highest BCUT2D eigenvalue weighted by atomic mass is 35.5. The van der Waals surface area contributed by atoms with Gasteiger partial charge in [0.2, 0.25) is 0 Å². The van der Waals surface area contributed by atoms with Crippen molar-refractivity contribution in [2.75, 3.05) is 25.0 Å². The Morgan fingerprint density at radius 2 is 2.12 bits per heavy atom. The van der Waals surface area contributed by atoms with Crippen LogP contribution in [0.1, 0.15) is 11.1 Å². The number of hydrogen-bond donors (Lipinski definition) is 1. The highest BCUT2D eigenvalue weighted by molar-refractivity contribution is 6.31. The number of hydrogen-bond acceptors (Lipinski definition) is 4. The van der Waals surface area contributed by atoms with Gasteiger partial charge in [-0.1, -0.05) is 29.8 Å². The van der Waals surface area contributed by atoms with E-state index in [1.54, 1.807) is 6.20 Å². The SMILES string of the molecule is O=c1cc(NCCN2CCc3c(Cl)cccc3C2)nc2ccccn12. The molecule has 2 aromatic heterocycles. The van der Waals surface area contributed by atoms with Crippen LogP contribution in [-0.4, -0.2) is 33.9 Å². The van der Waals surface area contributed by atoms with Gasteiger partial charge in [0.25, 0.3) is 5.56 Å². The summed E-state index contributed by atoms with van der Waals surface area (Å²) in [4.78, 5) is 19.0. The van der Waals surface area contributed by atoms with Crippen molar-refractivity contribution in [3.63, 3.8) is 0 Å². The van der Waals surface area contributed by atoms with E-state index >= 15 is 0 Å². The molecule has 0 saturated heterocycles. The first-order chi connectivity index (χ1) is 12.2. The molecule has 0 spiro atoms. The number of nitrogens with one attached hydrogen (secondary N) is 1. The summed E-state index contributed by atoms with van der Waals surface area (Å²) in [5, 5.41) is 4.14. The number of anilines is 1. The predicted molar refractivity (Wildman–Crippen MR) is 100 cm³/mol. The quantitative estimate of drug-likeness (QED) is 0.782. The first-order valence-electron chi connectivity index (χ1n) is 8.42. The van der Waals surface area contributed by atoms with Gasteiger partial charge in [0.15, 0.2) is 0 Å². The molecular weight excluding hydrogens is 336 g/mol. The molecule has 5 nitrogen and oxygen atoms in total. The smallest absolute Gasteiger partial charge is 0.259 e. The summed E-state index contributed by atoms with van der Waals surface area (Å²) in [7, 11) is 0. The molecule has 0 radical (unpaired) electrons. The van der Waals surface area contributed by atoms with Crippen LogP contribution in [0.3, 0.4) is 0 Å². The molecule has 0 aliphatic carbocycles. The van der Waals surface area contributed by atoms with Gasteiger partial charge in [-0.2, -0.15) is 0 Å². The summed E-state index contributed by atoms with van der Waals surface area (Å²) in [6, 6.07) is 13.2. The van der Waals surface area contributed by atoms with E-state index in [-0.39, 0.29) is 5.56 Å². The number of aromatic nitrogens is 2. The lowest BCUT2D eigenvalue weighted by Gasteiger charge is -2.29. The zero-order valence-electron chi connectivity index (χ0n) is 13.8. The Balaban J connectivity index is 1.39. The molecule has 0 atom stereocenters. The summed E-state index contributed by atoms with van der Waals surface area (Å²) >= 11 is 6.27. The van der Waals surface area contributed by atoms with Crippen molar-refractivity contribution in [1.82, 2.24) is 14.3 Å². The van der Waals surface area contributed by atoms with Crippen molar-refractivity contribution in [1.29, 1.82) is 0 Å². The van der Waals surface area contributed by atoms with E-state index < -0.39 is 0 Å². The van der Waals surface area contributed by atoms with Gasteiger partial charge in [-0.3, -0.25) is 14.1 Å². The number of pyridine rings is 1. The summed E-state index contributed by atoms with van der Waals surface area (Å²) in [5.41, 5.74) is 3.16. The first-order valence-corrected chi connectivity index (χ1v) is 8.79. The number of fused-ring (bicyclic) bond motifs is 2. The maximum Gasteiger partial charge on any atom is 0.259 e. The van der Waals surface area contributed by atoms with Crippen molar-refractivity contribution in [2.45, 2.75) is 13.0 Å². The van der Waals surface area contributed by atoms with Crippen molar-refractivity contribution in [3.8, 4) is 0 Å². The zero-order chi connectivity index (χ0) is 17.2. The predicted octanol–water partition coefficient (Wildman–Crippen LogP) is 2.82. The van der Waals surface area contributed by atoms with E-state index in [2.05, 4.69) is 21.3 Å². The fraction of sp³-hybridized carbons (Fsp3) is 0.263. The topological polar surface area (TPSA) is 49.6 Å². The van der Waals surface area contributed by atoms with Crippen LogP contribution in [0.25, 0.3) is 5.65 Å². The van der Waals surface area contributed by atoms with E-state index in [0.717, 1.165) is 37.6 Å². The van der Waals surface area contributed by atoms with Crippen molar-refractivity contribution in [2.24, 2.45) is 0 Å². The number of halogens is 1. The Kier molecular flexibility index (Phi) is 4.42. The van der Waals surface area contributed by atoms with E-state index in [4.69, 9.17) is 11.6 Å². The van der Waals surface area contributed by atoms with Crippen LogP contribution in [0, 0.1) is 0 Å². The molecule has 1 N–H and O–H groups in total. The van der Waals surface area contributed by atoms with E-state index in [1.165, 1.54) is 21.6 Å². The third-order valence-corrected chi connectivity index (χ3v) is 4.95.